The molecular formula is C55H54N4O. The molecule has 0 fully saturated rings. The number of allylic oxidation sites excluding steroid dienone is 1. The molecule has 0 radical (unpaired) electrons. The van der Waals surface area contributed by atoms with Gasteiger partial charge in [0.2, 0.25) is 0 Å². The van der Waals surface area contributed by atoms with Crippen molar-refractivity contribution in [1.29, 1.82) is 0 Å². The number of pyridine rings is 1. The fraction of sp³-hybridized carbons (Fsp3) is 0.218. The Morgan fingerprint density at radius 2 is 1.20 bits per heavy atom. The second-order valence-corrected chi connectivity index (χ2v) is 18.7. The molecule has 300 valence electrons. The maximum absolute atomic E-state index is 6.95. The first kappa shape index (κ1) is 38.9. The van der Waals surface area contributed by atoms with Crippen LogP contribution in [0.5, 0.6) is 11.5 Å². The third kappa shape index (κ3) is 7.34. The monoisotopic (exact) mass is 786 g/mol. The SMILES string of the molecule is CC(C)(C)C1=CN(c2cccc(C(C)(C)c3ccccc3)c2)CN1c1cc(Oc2ccc3c4ccccc4n(-c4cc(C(C)(C)C)ccn4)c3c2)cc(-c2ccccc2)c1. The zero-order chi connectivity index (χ0) is 41.8. The predicted molar refractivity (Wildman–Crippen MR) is 252 cm³/mol. The number of nitrogens with zero attached hydrogens (tertiary/aromatic N) is 4. The van der Waals surface area contributed by atoms with Gasteiger partial charge < -0.3 is 14.5 Å². The summed E-state index contributed by atoms with van der Waals surface area (Å²) in [6.07, 6.45) is 4.26. The Morgan fingerprint density at radius 3 is 1.95 bits per heavy atom. The van der Waals surface area contributed by atoms with Crippen LogP contribution in [0.15, 0.2) is 176 Å². The van der Waals surface area contributed by atoms with Gasteiger partial charge in [-0.05, 0) is 87.8 Å². The molecule has 0 saturated heterocycles. The molecule has 0 N–H and O–H groups in total. The van der Waals surface area contributed by atoms with E-state index in [0.717, 1.165) is 50.6 Å². The van der Waals surface area contributed by atoms with Crippen molar-refractivity contribution in [2.24, 2.45) is 5.41 Å². The van der Waals surface area contributed by atoms with E-state index >= 15 is 0 Å². The third-order valence-electron chi connectivity index (χ3n) is 12.1. The zero-order valence-electron chi connectivity index (χ0n) is 36.1. The normalized spacial score (nSPS) is 13.6. The minimum Gasteiger partial charge on any atom is -0.457 e. The van der Waals surface area contributed by atoms with Crippen LogP contribution in [-0.2, 0) is 10.8 Å². The number of para-hydroxylation sites is 1. The van der Waals surface area contributed by atoms with Crippen molar-refractivity contribution in [2.45, 2.75) is 66.2 Å². The molecule has 0 aliphatic carbocycles. The van der Waals surface area contributed by atoms with E-state index in [2.05, 4.69) is 234 Å². The van der Waals surface area contributed by atoms with Gasteiger partial charge in [0.05, 0.1) is 17.7 Å². The average Bonchev–Trinajstić information content (AvgIpc) is 3.85. The van der Waals surface area contributed by atoms with E-state index in [9.17, 15) is 0 Å². The largest absolute Gasteiger partial charge is 0.457 e. The lowest BCUT2D eigenvalue weighted by molar-refractivity contribution is 0.481. The van der Waals surface area contributed by atoms with Crippen LogP contribution in [0.4, 0.5) is 11.4 Å². The van der Waals surface area contributed by atoms with Crippen molar-refractivity contribution in [1.82, 2.24) is 9.55 Å². The molecule has 3 heterocycles. The van der Waals surface area contributed by atoms with Crippen LogP contribution >= 0.6 is 0 Å². The van der Waals surface area contributed by atoms with E-state index in [-0.39, 0.29) is 16.2 Å². The number of anilines is 2. The fourth-order valence-corrected chi connectivity index (χ4v) is 8.56. The van der Waals surface area contributed by atoms with E-state index in [1.165, 1.54) is 33.5 Å². The van der Waals surface area contributed by atoms with Gasteiger partial charge in [-0.1, -0.05) is 146 Å². The summed E-state index contributed by atoms with van der Waals surface area (Å²) >= 11 is 0. The minimum atomic E-state index is -0.145. The Labute approximate surface area is 355 Å². The molecule has 8 aromatic rings. The lowest BCUT2D eigenvalue weighted by Gasteiger charge is -2.31. The Kier molecular flexibility index (Phi) is 9.66. The first-order chi connectivity index (χ1) is 28.7. The molecule has 0 spiro atoms. The molecule has 0 atom stereocenters. The maximum Gasteiger partial charge on any atom is 0.137 e. The van der Waals surface area contributed by atoms with Crippen molar-refractivity contribution in [3.8, 4) is 28.4 Å². The second kappa shape index (κ2) is 14.9. The highest BCUT2D eigenvalue weighted by atomic mass is 16.5. The van der Waals surface area contributed by atoms with Gasteiger partial charge in [0.15, 0.2) is 0 Å². The van der Waals surface area contributed by atoms with E-state index in [1.54, 1.807) is 0 Å². The molecule has 1 aliphatic rings. The van der Waals surface area contributed by atoms with Crippen LogP contribution in [0.25, 0.3) is 38.8 Å². The molecule has 0 amide bonds. The van der Waals surface area contributed by atoms with Crippen molar-refractivity contribution in [2.75, 3.05) is 16.5 Å². The van der Waals surface area contributed by atoms with Crippen LogP contribution in [0.3, 0.4) is 0 Å². The van der Waals surface area contributed by atoms with Gasteiger partial charge in [0, 0.05) is 63.2 Å². The Balaban J connectivity index is 1.12. The van der Waals surface area contributed by atoms with Gasteiger partial charge >= 0.3 is 0 Å². The first-order valence-electron chi connectivity index (χ1n) is 21.1. The predicted octanol–water partition coefficient (Wildman–Crippen LogP) is 14.4. The van der Waals surface area contributed by atoms with Crippen molar-refractivity contribution >= 4 is 33.2 Å². The number of rotatable bonds is 8. The average molecular weight is 787 g/mol. The Morgan fingerprint density at radius 1 is 0.500 bits per heavy atom. The quantitative estimate of drug-likeness (QED) is 0.154. The van der Waals surface area contributed by atoms with Gasteiger partial charge in [0.25, 0.3) is 0 Å². The molecule has 9 rings (SSSR count). The smallest absolute Gasteiger partial charge is 0.137 e. The van der Waals surface area contributed by atoms with E-state index in [0.29, 0.717) is 6.67 Å². The highest BCUT2D eigenvalue weighted by Crippen LogP contribution is 2.43. The number of ether oxygens (including phenoxy) is 1. The van der Waals surface area contributed by atoms with E-state index < -0.39 is 0 Å². The summed E-state index contributed by atoms with van der Waals surface area (Å²) in [4.78, 5) is 9.74. The van der Waals surface area contributed by atoms with Crippen molar-refractivity contribution < 1.29 is 4.74 Å². The molecule has 0 bridgehead atoms. The highest BCUT2D eigenvalue weighted by molar-refractivity contribution is 6.09. The van der Waals surface area contributed by atoms with Gasteiger partial charge in [-0.2, -0.15) is 0 Å². The maximum atomic E-state index is 6.95. The Bertz CT molecular complexity index is 2870. The highest BCUT2D eigenvalue weighted by Gasteiger charge is 2.33. The molecule has 6 aromatic carbocycles. The topological polar surface area (TPSA) is 33.5 Å². The number of benzene rings is 6. The first-order valence-corrected chi connectivity index (χ1v) is 21.1. The van der Waals surface area contributed by atoms with E-state index in [1.807, 2.05) is 6.20 Å². The number of hydrogen-bond donors (Lipinski definition) is 0. The Hall–Kier alpha value is -6.59. The van der Waals surface area contributed by atoms with Crippen LogP contribution < -0.4 is 14.5 Å². The minimum absolute atomic E-state index is 0.00998. The van der Waals surface area contributed by atoms with Crippen molar-refractivity contribution in [3.05, 3.63) is 193 Å². The van der Waals surface area contributed by atoms with Gasteiger partial charge in [-0.25, -0.2) is 4.98 Å². The van der Waals surface area contributed by atoms with E-state index in [4.69, 9.17) is 9.72 Å². The van der Waals surface area contributed by atoms with Crippen LogP contribution in [0.1, 0.15) is 72.1 Å². The summed E-state index contributed by atoms with van der Waals surface area (Å²) < 4.78 is 9.22. The number of aromatic nitrogens is 2. The number of fused-ring (bicyclic) bond motifs is 3. The molecule has 2 aromatic heterocycles. The summed E-state index contributed by atoms with van der Waals surface area (Å²) in [7, 11) is 0. The van der Waals surface area contributed by atoms with Crippen LogP contribution in [0, 0.1) is 5.41 Å². The molecule has 5 nitrogen and oxygen atoms in total. The number of hydrogen-bond acceptors (Lipinski definition) is 4. The van der Waals surface area contributed by atoms with Gasteiger partial charge in [-0.15, -0.1) is 0 Å². The summed E-state index contributed by atoms with van der Waals surface area (Å²) in [5.41, 5.74) is 11.4. The van der Waals surface area contributed by atoms with Crippen LogP contribution in [0.2, 0.25) is 0 Å². The lowest BCUT2D eigenvalue weighted by Crippen LogP contribution is -2.30. The molecule has 60 heavy (non-hydrogen) atoms. The van der Waals surface area contributed by atoms with Crippen LogP contribution in [-0.4, -0.2) is 16.2 Å². The summed E-state index contributed by atoms with van der Waals surface area (Å²) in [6.45, 7) is 18.9. The zero-order valence-corrected chi connectivity index (χ0v) is 36.1. The van der Waals surface area contributed by atoms with Crippen molar-refractivity contribution in [3.63, 3.8) is 0 Å². The molecule has 5 heteroatoms. The fourth-order valence-electron chi connectivity index (χ4n) is 8.56. The lowest BCUT2D eigenvalue weighted by atomic mass is 9.78. The summed E-state index contributed by atoms with van der Waals surface area (Å²) in [6, 6.07) is 56.4. The second-order valence-electron chi connectivity index (χ2n) is 18.7. The summed E-state index contributed by atoms with van der Waals surface area (Å²) in [5, 5.41) is 2.35. The molecule has 0 unspecified atom stereocenters. The third-order valence-corrected chi connectivity index (χ3v) is 12.1. The van der Waals surface area contributed by atoms with Gasteiger partial charge in [0.1, 0.15) is 17.3 Å². The molecule has 0 saturated carbocycles. The standard InChI is InChI=1S/C55H54N4O/c1-53(2,3)41-28-29-56-52(33-41)59-49-25-16-15-24-47(49)48-27-26-45(35-50(48)59)60-46-31-39(38-18-11-9-12-19-38)30-44(34-46)58-37-57(36-51(58)54(4,5)6)43-23-17-22-42(32-43)55(7,8)40-20-13-10-14-21-40/h9-36H,37H2,1-8H3. The van der Waals surface area contributed by atoms with Gasteiger partial charge in [-0.3, -0.25) is 4.57 Å². The molecular weight excluding hydrogens is 733 g/mol. The summed E-state index contributed by atoms with van der Waals surface area (Å²) in [5.74, 6) is 2.44. The molecule has 1 aliphatic heterocycles.